The van der Waals surface area contributed by atoms with Crippen molar-refractivity contribution in [2.24, 2.45) is 11.7 Å². The summed E-state index contributed by atoms with van der Waals surface area (Å²) in [7, 11) is 0. The van der Waals surface area contributed by atoms with Gasteiger partial charge in [-0.3, -0.25) is 24.0 Å². The van der Waals surface area contributed by atoms with Crippen LogP contribution in [0.4, 0.5) is 0 Å². The largest absolute Gasteiger partial charge is 0.363 e. The van der Waals surface area contributed by atoms with Crippen LogP contribution in [-0.4, -0.2) is 49.0 Å². The molecule has 1 aliphatic heterocycles. The third-order valence-electron chi connectivity index (χ3n) is 2.92. The lowest BCUT2D eigenvalue weighted by Crippen LogP contribution is -2.49. The van der Waals surface area contributed by atoms with Gasteiger partial charge in [-0.05, 0) is 12.8 Å². The number of primary amides is 1. The molecular formula is C11H16N4O5. The van der Waals surface area contributed by atoms with Crippen molar-refractivity contribution >= 4 is 29.9 Å². The quantitative estimate of drug-likeness (QED) is 0.274. The van der Waals surface area contributed by atoms with E-state index in [1.165, 1.54) is 0 Å². The van der Waals surface area contributed by atoms with E-state index in [0.717, 1.165) is 0 Å². The lowest BCUT2D eigenvalue weighted by molar-refractivity contribution is -0.139. The predicted molar refractivity (Wildman–Crippen MR) is 65.9 cm³/mol. The second-order valence-electron chi connectivity index (χ2n) is 4.36. The Morgan fingerprint density at radius 1 is 1.45 bits per heavy atom. The number of amides is 4. The zero-order valence-electron chi connectivity index (χ0n) is 10.7. The van der Waals surface area contributed by atoms with Gasteiger partial charge in [0.15, 0.2) is 0 Å². The molecule has 0 radical (unpaired) electrons. The number of hydrogen-bond donors (Lipinski definition) is 4. The van der Waals surface area contributed by atoms with Crippen LogP contribution in [0.2, 0.25) is 0 Å². The number of nitrogens with one attached hydrogen (secondary N) is 3. The Morgan fingerprint density at radius 3 is 2.65 bits per heavy atom. The van der Waals surface area contributed by atoms with Crippen molar-refractivity contribution in [1.82, 2.24) is 16.0 Å². The number of carbonyl (C=O) groups excluding carboxylic acids is 5. The van der Waals surface area contributed by atoms with Gasteiger partial charge in [0, 0.05) is 12.5 Å². The number of hydrogen-bond acceptors (Lipinski definition) is 5. The Bertz CT molecular complexity index is 437. The van der Waals surface area contributed by atoms with Crippen LogP contribution < -0.4 is 21.7 Å². The Balaban J connectivity index is 2.67. The van der Waals surface area contributed by atoms with E-state index in [-0.39, 0.29) is 18.9 Å². The van der Waals surface area contributed by atoms with Crippen molar-refractivity contribution in [3.8, 4) is 0 Å². The van der Waals surface area contributed by atoms with Gasteiger partial charge in [0.25, 0.3) is 5.91 Å². The van der Waals surface area contributed by atoms with E-state index in [1.807, 2.05) is 0 Å². The molecule has 0 aliphatic carbocycles. The summed E-state index contributed by atoms with van der Waals surface area (Å²) in [6.45, 7) is 0.157. The van der Waals surface area contributed by atoms with E-state index < -0.39 is 29.6 Å². The lowest BCUT2D eigenvalue weighted by Gasteiger charge is -2.18. The Morgan fingerprint density at radius 2 is 2.15 bits per heavy atom. The topological polar surface area (TPSA) is 147 Å². The van der Waals surface area contributed by atoms with E-state index in [9.17, 15) is 24.0 Å². The summed E-state index contributed by atoms with van der Waals surface area (Å²) in [6, 6.07) is -1.16. The highest BCUT2D eigenvalue weighted by Gasteiger charge is 2.32. The standard InChI is InChI=1S/C11H16N4O5/c12-10(19)9(18)7(15-8(17)4-13-5-16)3-6-1-2-14-11(6)20/h5-7H,1-4H2,(H2,12,19)(H,13,16)(H,14,20)(H,15,17). The fourth-order valence-electron chi connectivity index (χ4n) is 1.94. The molecule has 4 amide bonds. The van der Waals surface area contributed by atoms with Crippen LogP contribution in [0, 0.1) is 5.92 Å². The lowest BCUT2D eigenvalue weighted by atomic mass is 9.95. The molecule has 5 N–H and O–H groups in total. The fourth-order valence-corrected chi connectivity index (χ4v) is 1.94. The first-order chi connectivity index (χ1) is 9.45. The van der Waals surface area contributed by atoms with Gasteiger partial charge in [-0.2, -0.15) is 0 Å². The number of ketones is 1. The van der Waals surface area contributed by atoms with Gasteiger partial charge >= 0.3 is 0 Å². The van der Waals surface area contributed by atoms with E-state index in [4.69, 9.17) is 5.73 Å². The molecule has 2 atom stereocenters. The predicted octanol–water partition coefficient (Wildman–Crippen LogP) is -3.20. The molecule has 1 saturated heterocycles. The van der Waals surface area contributed by atoms with Gasteiger partial charge in [-0.25, -0.2) is 0 Å². The second kappa shape index (κ2) is 7.22. The minimum atomic E-state index is -1.18. The van der Waals surface area contributed by atoms with Crippen LogP contribution in [0.15, 0.2) is 0 Å². The highest BCUT2D eigenvalue weighted by Crippen LogP contribution is 2.16. The first kappa shape index (κ1) is 15.6. The molecule has 0 bridgehead atoms. The molecule has 0 aromatic rings. The Kier molecular flexibility index (Phi) is 5.63. The van der Waals surface area contributed by atoms with Crippen molar-refractivity contribution in [3.05, 3.63) is 0 Å². The number of Topliss-reactive ketones (excluding diaryl/α,β-unsaturated/α-hetero) is 1. The van der Waals surface area contributed by atoms with Crippen LogP contribution in [0.5, 0.6) is 0 Å². The monoisotopic (exact) mass is 284 g/mol. The van der Waals surface area contributed by atoms with Crippen molar-refractivity contribution in [2.45, 2.75) is 18.9 Å². The summed E-state index contributed by atoms with van der Waals surface area (Å²) in [6.07, 6.45) is 0.846. The molecule has 0 aromatic carbocycles. The van der Waals surface area contributed by atoms with Gasteiger partial charge < -0.3 is 21.7 Å². The van der Waals surface area contributed by atoms with Crippen molar-refractivity contribution in [1.29, 1.82) is 0 Å². The second-order valence-corrected chi connectivity index (χ2v) is 4.36. The van der Waals surface area contributed by atoms with Crippen molar-refractivity contribution in [2.75, 3.05) is 13.1 Å². The zero-order valence-corrected chi connectivity index (χ0v) is 10.7. The molecular weight excluding hydrogens is 268 g/mol. The first-order valence-electron chi connectivity index (χ1n) is 6.03. The van der Waals surface area contributed by atoms with E-state index >= 15 is 0 Å². The van der Waals surface area contributed by atoms with Gasteiger partial charge in [-0.1, -0.05) is 0 Å². The van der Waals surface area contributed by atoms with E-state index in [1.54, 1.807) is 0 Å². The molecule has 2 unspecified atom stereocenters. The Labute approximate surface area is 114 Å². The van der Waals surface area contributed by atoms with Crippen LogP contribution in [-0.2, 0) is 24.0 Å². The number of rotatable bonds is 8. The molecule has 9 heteroatoms. The fraction of sp³-hybridized carbons (Fsp3) is 0.545. The summed E-state index contributed by atoms with van der Waals surface area (Å²) >= 11 is 0. The number of carbonyl (C=O) groups is 5. The molecule has 0 spiro atoms. The maximum Gasteiger partial charge on any atom is 0.287 e. The average Bonchev–Trinajstić information content (AvgIpc) is 2.80. The SMILES string of the molecule is NC(=O)C(=O)C(CC1CCNC1=O)NC(=O)CNC=O. The van der Waals surface area contributed by atoms with Crippen LogP contribution in [0.25, 0.3) is 0 Å². The van der Waals surface area contributed by atoms with Gasteiger partial charge in [0.2, 0.25) is 24.0 Å². The summed E-state index contributed by atoms with van der Waals surface area (Å²) in [4.78, 5) is 55.6. The van der Waals surface area contributed by atoms with Crippen LogP contribution >= 0.6 is 0 Å². The summed E-state index contributed by atoms with van der Waals surface area (Å²) in [5, 5.41) is 7.01. The van der Waals surface area contributed by atoms with Crippen molar-refractivity contribution in [3.63, 3.8) is 0 Å². The highest BCUT2D eigenvalue weighted by atomic mass is 16.2. The third-order valence-corrected chi connectivity index (χ3v) is 2.92. The van der Waals surface area contributed by atoms with Crippen molar-refractivity contribution < 1.29 is 24.0 Å². The maximum absolute atomic E-state index is 11.6. The van der Waals surface area contributed by atoms with Gasteiger partial charge in [0.1, 0.15) is 0 Å². The molecule has 0 saturated carbocycles. The molecule has 110 valence electrons. The molecule has 20 heavy (non-hydrogen) atoms. The maximum atomic E-state index is 11.6. The number of nitrogens with two attached hydrogens (primary N) is 1. The van der Waals surface area contributed by atoms with Crippen LogP contribution in [0.3, 0.4) is 0 Å². The molecule has 1 aliphatic rings. The molecule has 1 rings (SSSR count). The molecule has 9 nitrogen and oxygen atoms in total. The minimum Gasteiger partial charge on any atom is -0.363 e. The molecule has 0 aromatic heterocycles. The third kappa shape index (κ3) is 4.34. The smallest absolute Gasteiger partial charge is 0.287 e. The molecule has 1 fully saturated rings. The summed E-state index contributed by atoms with van der Waals surface area (Å²) in [5.41, 5.74) is 4.91. The van der Waals surface area contributed by atoms with Gasteiger partial charge in [-0.15, -0.1) is 0 Å². The highest BCUT2D eigenvalue weighted by molar-refractivity contribution is 6.37. The molecule has 1 heterocycles. The Hall–Kier alpha value is -2.45. The normalized spacial score (nSPS) is 18.8. The first-order valence-corrected chi connectivity index (χ1v) is 6.03. The van der Waals surface area contributed by atoms with Gasteiger partial charge in [0.05, 0.1) is 12.6 Å². The average molecular weight is 284 g/mol. The van der Waals surface area contributed by atoms with E-state index in [0.29, 0.717) is 19.4 Å². The summed E-state index contributed by atoms with van der Waals surface area (Å²) < 4.78 is 0. The summed E-state index contributed by atoms with van der Waals surface area (Å²) in [5.74, 6) is -3.48. The van der Waals surface area contributed by atoms with Crippen LogP contribution in [0.1, 0.15) is 12.8 Å². The minimum absolute atomic E-state index is 0.000432. The van der Waals surface area contributed by atoms with E-state index in [2.05, 4.69) is 16.0 Å². The zero-order chi connectivity index (χ0) is 15.1.